The number of halogens is 1. The van der Waals surface area contributed by atoms with Crippen LogP contribution in [0, 0.1) is 6.92 Å². The van der Waals surface area contributed by atoms with Crippen molar-refractivity contribution in [2.45, 2.75) is 18.3 Å². The van der Waals surface area contributed by atoms with E-state index in [-0.39, 0.29) is 5.88 Å². The first-order valence-electron chi connectivity index (χ1n) is 3.51. The third-order valence-electron chi connectivity index (χ3n) is 1.18. The molecule has 1 atom stereocenters. The van der Waals surface area contributed by atoms with E-state index >= 15 is 0 Å². The second-order valence-corrected chi connectivity index (χ2v) is 3.65. The van der Waals surface area contributed by atoms with Gasteiger partial charge in [-0.05, 0) is 6.92 Å². The molecule has 1 rings (SSSR count). The topological polar surface area (TPSA) is 46.3 Å². The molecule has 0 amide bonds. The van der Waals surface area contributed by atoms with Crippen LogP contribution >= 0.6 is 23.4 Å². The number of aliphatic hydroxyl groups excluding tert-OH is 1. The van der Waals surface area contributed by atoms with Gasteiger partial charge in [0.1, 0.15) is 6.26 Å². The van der Waals surface area contributed by atoms with Crippen molar-refractivity contribution in [2.75, 3.05) is 11.6 Å². The van der Waals surface area contributed by atoms with Gasteiger partial charge in [0.05, 0.1) is 11.8 Å². The van der Waals surface area contributed by atoms with Crippen molar-refractivity contribution in [3.63, 3.8) is 0 Å². The van der Waals surface area contributed by atoms with Crippen molar-refractivity contribution in [3.8, 4) is 0 Å². The average Bonchev–Trinajstić information content (AvgIpc) is 2.47. The number of oxazole rings is 1. The number of hydrogen-bond acceptors (Lipinski definition) is 4. The number of alkyl halides is 1. The molecular weight excluding hydrogens is 198 g/mol. The molecular formula is C7H10ClNO2S. The SMILES string of the molecule is Cc1coc(SCC(O)CCl)n1. The van der Waals surface area contributed by atoms with Gasteiger partial charge >= 0.3 is 0 Å². The maximum atomic E-state index is 9.10. The van der Waals surface area contributed by atoms with Crippen LogP contribution in [-0.4, -0.2) is 27.8 Å². The van der Waals surface area contributed by atoms with Gasteiger partial charge in [0.25, 0.3) is 5.22 Å². The molecule has 0 aromatic carbocycles. The van der Waals surface area contributed by atoms with Gasteiger partial charge in [0.2, 0.25) is 0 Å². The Bertz CT molecular complexity index is 241. The highest BCUT2D eigenvalue weighted by Gasteiger charge is 2.06. The summed E-state index contributed by atoms with van der Waals surface area (Å²) in [6.45, 7) is 1.85. The highest BCUT2D eigenvalue weighted by Crippen LogP contribution is 2.17. The van der Waals surface area contributed by atoms with E-state index in [1.165, 1.54) is 11.8 Å². The molecule has 1 unspecified atom stereocenters. The summed E-state index contributed by atoms with van der Waals surface area (Å²) in [7, 11) is 0. The lowest BCUT2D eigenvalue weighted by Gasteiger charge is -2.01. The van der Waals surface area contributed by atoms with Crippen molar-refractivity contribution in [3.05, 3.63) is 12.0 Å². The minimum Gasteiger partial charge on any atom is -0.440 e. The number of thioether (sulfide) groups is 1. The van der Waals surface area contributed by atoms with Gasteiger partial charge in [0.15, 0.2) is 0 Å². The fraction of sp³-hybridized carbons (Fsp3) is 0.571. The minimum atomic E-state index is -0.496. The Morgan fingerprint density at radius 3 is 3.08 bits per heavy atom. The first-order chi connectivity index (χ1) is 5.72. The molecule has 0 spiro atoms. The quantitative estimate of drug-likeness (QED) is 0.603. The highest BCUT2D eigenvalue weighted by atomic mass is 35.5. The molecule has 0 saturated heterocycles. The molecule has 0 bridgehead atoms. The molecule has 0 aliphatic carbocycles. The number of nitrogens with zero attached hydrogens (tertiary/aromatic N) is 1. The third kappa shape index (κ3) is 3.05. The van der Waals surface area contributed by atoms with Crippen molar-refractivity contribution >= 4 is 23.4 Å². The molecule has 1 aromatic rings. The van der Waals surface area contributed by atoms with Crippen molar-refractivity contribution in [1.29, 1.82) is 0 Å². The third-order valence-corrected chi connectivity index (χ3v) is 2.52. The predicted molar refractivity (Wildman–Crippen MR) is 48.7 cm³/mol. The number of aryl methyl sites for hydroxylation is 1. The van der Waals surface area contributed by atoms with E-state index in [9.17, 15) is 0 Å². The van der Waals surface area contributed by atoms with Crippen LogP contribution in [0.3, 0.4) is 0 Å². The largest absolute Gasteiger partial charge is 0.440 e. The Morgan fingerprint density at radius 2 is 2.58 bits per heavy atom. The summed E-state index contributed by atoms with van der Waals surface area (Å²) in [4.78, 5) is 4.06. The van der Waals surface area contributed by atoms with Crippen LogP contribution in [0.1, 0.15) is 5.69 Å². The normalized spacial score (nSPS) is 13.2. The zero-order valence-corrected chi connectivity index (χ0v) is 8.23. The van der Waals surface area contributed by atoms with Crippen LogP contribution in [0.4, 0.5) is 0 Å². The molecule has 0 radical (unpaired) electrons. The van der Waals surface area contributed by atoms with Crippen LogP contribution in [-0.2, 0) is 0 Å². The zero-order chi connectivity index (χ0) is 8.97. The second-order valence-electron chi connectivity index (χ2n) is 2.37. The van der Waals surface area contributed by atoms with Gasteiger partial charge in [0, 0.05) is 11.6 Å². The van der Waals surface area contributed by atoms with E-state index in [0.29, 0.717) is 11.0 Å². The van der Waals surface area contributed by atoms with Crippen LogP contribution < -0.4 is 0 Å². The fourth-order valence-electron chi connectivity index (χ4n) is 0.611. The Hall–Kier alpha value is -0.190. The summed E-state index contributed by atoms with van der Waals surface area (Å²) in [6.07, 6.45) is 1.08. The maximum Gasteiger partial charge on any atom is 0.255 e. The van der Waals surface area contributed by atoms with Crippen LogP contribution in [0.25, 0.3) is 0 Å². The summed E-state index contributed by atoms with van der Waals surface area (Å²) >= 11 is 6.77. The van der Waals surface area contributed by atoms with Crippen LogP contribution in [0.15, 0.2) is 15.9 Å². The molecule has 3 nitrogen and oxygen atoms in total. The number of aliphatic hydroxyl groups is 1. The van der Waals surface area contributed by atoms with E-state index in [0.717, 1.165) is 5.69 Å². The van der Waals surface area contributed by atoms with Gasteiger partial charge in [-0.15, -0.1) is 11.6 Å². The maximum absolute atomic E-state index is 9.10. The molecule has 0 fully saturated rings. The highest BCUT2D eigenvalue weighted by molar-refractivity contribution is 7.99. The molecule has 0 aliphatic heterocycles. The molecule has 5 heteroatoms. The Labute approximate surface area is 80.1 Å². The van der Waals surface area contributed by atoms with E-state index < -0.39 is 6.10 Å². The first-order valence-corrected chi connectivity index (χ1v) is 5.03. The number of rotatable bonds is 4. The first kappa shape index (κ1) is 9.89. The van der Waals surface area contributed by atoms with Crippen molar-refractivity contribution < 1.29 is 9.52 Å². The smallest absolute Gasteiger partial charge is 0.255 e. The fourth-order valence-corrected chi connectivity index (χ4v) is 1.63. The predicted octanol–water partition coefficient (Wildman–Crippen LogP) is 1.67. The Morgan fingerprint density at radius 1 is 1.83 bits per heavy atom. The molecule has 12 heavy (non-hydrogen) atoms. The summed E-state index contributed by atoms with van der Waals surface area (Å²) in [6, 6.07) is 0. The molecule has 1 heterocycles. The molecule has 1 N–H and O–H groups in total. The van der Waals surface area contributed by atoms with Gasteiger partial charge in [-0.1, -0.05) is 11.8 Å². The van der Waals surface area contributed by atoms with Gasteiger partial charge < -0.3 is 9.52 Å². The standard InChI is InChI=1S/C7H10ClNO2S/c1-5-3-11-7(9-5)12-4-6(10)2-8/h3,6,10H,2,4H2,1H3. The molecule has 68 valence electrons. The lowest BCUT2D eigenvalue weighted by atomic mass is 10.5. The molecule has 0 saturated carbocycles. The number of aromatic nitrogens is 1. The summed E-state index contributed by atoms with van der Waals surface area (Å²) in [5.74, 6) is 0.760. The lowest BCUT2D eigenvalue weighted by Crippen LogP contribution is -2.10. The van der Waals surface area contributed by atoms with Gasteiger partial charge in [-0.3, -0.25) is 0 Å². The molecule has 1 aromatic heterocycles. The summed E-state index contributed by atoms with van der Waals surface area (Å²) in [5, 5.41) is 9.68. The van der Waals surface area contributed by atoms with Crippen LogP contribution in [0.2, 0.25) is 0 Å². The second kappa shape index (κ2) is 4.74. The monoisotopic (exact) mass is 207 g/mol. The van der Waals surface area contributed by atoms with Gasteiger partial charge in [-0.2, -0.15) is 0 Å². The van der Waals surface area contributed by atoms with Crippen LogP contribution in [0.5, 0.6) is 0 Å². The van der Waals surface area contributed by atoms with E-state index in [2.05, 4.69) is 4.98 Å². The summed E-state index contributed by atoms with van der Waals surface area (Å²) < 4.78 is 5.06. The average molecular weight is 208 g/mol. The van der Waals surface area contributed by atoms with E-state index in [4.69, 9.17) is 21.1 Å². The minimum absolute atomic E-state index is 0.243. The van der Waals surface area contributed by atoms with E-state index in [1.54, 1.807) is 6.26 Å². The summed E-state index contributed by atoms with van der Waals surface area (Å²) in [5.41, 5.74) is 0.845. The van der Waals surface area contributed by atoms with Crippen molar-refractivity contribution in [2.24, 2.45) is 0 Å². The molecule has 0 aliphatic rings. The Balaban J connectivity index is 2.33. The zero-order valence-electron chi connectivity index (χ0n) is 6.66. The van der Waals surface area contributed by atoms with Crippen molar-refractivity contribution in [1.82, 2.24) is 4.98 Å². The lowest BCUT2D eigenvalue weighted by molar-refractivity contribution is 0.223. The Kier molecular flexibility index (Phi) is 3.91. The van der Waals surface area contributed by atoms with E-state index in [1.807, 2.05) is 6.92 Å². The number of hydrogen-bond donors (Lipinski definition) is 1. The van der Waals surface area contributed by atoms with Gasteiger partial charge in [-0.25, -0.2) is 4.98 Å².